The molecular formula is C14H18ClN3. The molecule has 96 valence electrons. The van der Waals surface area contributed by atoms with E-state index in [2.05, 4.69) is 9.55 Å². The number of aryl methyl sites for hydroxylation is 1. The lowest BCUT2D eigenvalue weighted by Crippen LogP contribution is -2.07. The molecule has 4 heteroatoms. The predicted octanol–water partition coefficient (Wildman–Crippen LogP) is 3.85. The number of para-hydroxylation sites is 1. The molecule has 1 saturated carbocycles. The first-order chi connectivity index (χ1) is 8.75. The molecule has 0 bridgehead atoms. The molecule has 2 aromatic rings. The number of nitrogen functional groups attached to an aromatic ring is 1. The summed E-state index contributed by atoms with van der Waals surface area (Å²) in [6.45, 7) is 0.927. The number of imidazole rings is 1. The van der Waals surface area contributed by atoms with Crippen LogP contribution in [-0.2, 0) is 6.54 Å². The fourth-order valence-corrected chi connectivity index (χ4v) is 3.27. The maximum absolute atomic E-state index is 6.25. The first-order valence-corrected chi connectivity index (χ1v) is 7.04. The number of nitrogens with two attached hydrogens (primary N) is 1. The van der Waals surface area contributed by atoms with E-state index in [9.17, 15) is 0 Å². The van der Waals surface area contributed by atoms with Crippen molar-refractivity contribution >= 4 is 28.6 Å². The minimum Gasteiger partial charge on any atom is -0.369 e. The summed E-state index contributed by atoms with van der Waals surface area (Å²) in [6.07, 6.45) is 6.67. The largest absolute Gasteiger partial charge is 0.369 e. The van der Waals surface area contributed by atoms with Crippen LogP contribution in [0.2, 0.25) is 5.02 Å². The Bertz CT molecular complexity index is 555. The Morgan fingerprint density at radius 3 is 2.89 bits per heavy atom. The number of benzene rings is 1. The van der Waals surface area contributed by atoms with Crippen molar-refractivity contribution in [2.45, 2.75) is 38.6 Å². The molecule has 3 nitrogen and oxygen atoms in total. The first kappa shape index (κ1) is 11.8. The highest BCUT2D eigenvalue weighted by Crippen LogP contribution is 2.30. The molecule has 1 heterocycles. The van der Waals surface area contributed by atoms with E-state index in [4.69, 9.17) is 17.3 Å². The highest BCUT2D eigenvalue weighted by atomic mass is 35.5. The maximum atomic E-state index is 6.25. The summed E-state index contributed by atoms with van der Waals surface area (Å²) in [5.74, 6) is 1.43. The maximum Gasteiger partial charge on any atom is 0.201 e. The molecule has 0 atom stereocenters. The number of rotatable bonds is 3. The van der Waals surface area contributed by atoms with E-state index in [1.807, 2.05) is 18.2 Å². The summed E-state index contributed by atoms with van der Waals surface area (Å²) in [6, 6.07) is 5.78. The van der Waals surface area contributed by atoms with Gasteiger partial charge in [0.1, 0.15) is 0 Å². The van der Waals surface area contributed by atoms with Crippen molar-refractivity contribution in [2.75, 3.05) is 5.73 Å². The van der Waals surface area contributed by atoms with Gasteiger partial charge in [-0.2, -0.15) is 0 Å². The number of hydrogen-bond acceptors (Lipinski definition) is 2. The van der Waals surface area contributed by atoms with Crippen LogP contribution in [-0.4, -0.2) is 9.55 Å². The van der Waals surface area contributed by atoms with Crippen molar-refractivity contribution in [3.05, 3.63) is 23.2 Å². The molecule has 18 heavy (non-hydrogen) atoms. The summed E-state index contributed by atoms with van der Waals surface area (Å²) >= 11 is 6.25. The number of anilines is 1. The van der Waals surface area contributed by atoms with Crippen molar-refractivity contribution in [1.82, 2.24) is 9.55 Å². The van der Waals surface area contributed by atoms with Gasteiger partial charge in [-0.1, -0.05) is 43.4 Å². The van der Waals surface area contributed by atoms with Gasteiger partial charge in [0, 0.05) is 6.54 Å². The van der Waals surface area contributed by atoms with E-state index in [1.165, 1.54) is 32.1 Å². The average Bonchev–Trinajstić information content (AvgIpc) is 2.94. The van der Waals surface area contributed by atoms with Gasteiger partial charge < -0.3 is 10.3 Å². The van der Waals surface area contributed by atoms with Crippen LogP contribution in [0.3, 0.4) is 0 Å². The quantitative estimate of drug-likeness (QED) is 0.914. The standard InChI is InChI=1S/C14H18ClN3/c15-11-6-3-7-12-13(11)18(14(16)17-12)9-8-10-4-1-2-5-10/h3,6-7,10H,1-2,4-5,8-9H2,(H2,16,17). The van der Waals surface area contributed by atoms with Crippen molar-refractivity contribution in [1.29, 1.82) is 0 Å². The Labute approximate surface area is 112 Å². The van der Waals surface area contributed by atoms with Crippen molar-refractivity contribution < 1.29 is 0 Å². The van der Waals surface area contributed by atoms with Crippen LogP contribution in [0.25, 0.3) is 11.0 Å². The third-order valence-electron chi connectivity index (χ3n) is 3.98. The molecule has 0 unspecified atom stereocenters. The second kappa shape index (κ2) is 4.81. The van der Waals surface area contributed by atoms with E-state index >= 15 is 0 Å². The molecule has 2 N–H and O–H groups in total. The lowest BCUT2D eigenvalue weighted by atomic mass is 10.0. The summed E-state index contributed by atoms with van der Waals surface area (Å²) < 4.78 is 2.07. The summed E-state index contributed by atoms with van der Waals surface area (Å²) in [5.41, 5.74) is 7.88. The van der Waals surface area contributed by atoms with Gasteiger partial charge in [0.2, 0.25) is 5.95 Å². The molecule has 1 aliphatic carbocycles. The van der Waals surface area contributed by atoms with Gasteiger partial charge in [-0.25, -0.2) is 4.98 Å². The number of hydrogen-bond donors (Lipinski definition) is 1. The van der Waals surface area contributed by atoms with Crippen LogP contribution in [0.15, 0.2) is 18.2 Å². The Morgan fingerprint density at radius 1 is 1.33 bits per heavy atom. The van der Waals surface area contributed by atoms with Gasteiger partial charge in [0.15, 0.2) is 0 Å². The minimum absolute atomic E-state index is 0.580. The van der Waals surface area contributed by atoms with E-state index in [1.54, 1.807) is 0 Å². The predicted molar refractivity (Wildman–Crippen MR) is 75.7 cm³/mol. The highest BCUT2D eigenvalue weighted by Gasteiger charge is 2.17. The fraction of sp³-hybridized carbons (Fsp3) is 0.500. The second-order valence-corrected chi connectivity index (χ2v) is 5.58. The van der Waals surface area contributed by atoms with Crippen LogP contribution in [0.4, 0.5) is 5.95 Å². The van der Waals surface area contributed by atoms with Gasteiger partial charge in [-0.15, -0.1) is 0 Å². The van der Waals surface area contributed by atoms with E-state index in [0.717, 1.165) is 28.5 Å². The van der Waals surface area contributed by atoms with Crippen LogP contribution in [0.5, 0.6) is 0 Å². The molecule has 0 amide bonds. The van der Waals surface area contributed by atoms with Gasteiger partial charge in [-0.05, 0) is 24.5 Å². The number of aromatic nitrogens is 2. The zero-order valence-corrected chi connectivity index (χ0v) is 11.2. The van der Waals surface area contributed by atoms with Gasteiger partial charge in [0.05, 0.1) is 16.1 Å². The molecule has 0 aliphatic heterocycles. The van der Waals surface area contributed by atoms with E-state index in [-0.39, 0.29) is 0 Å². The van der Waals surface area contributed by atoms with Crippen molar-refractivity contribution in [2.24, 2.45) is 5.92 Å². The third kappa shape index (κ3) is 2.07. The fourth-order valence-electron chi connectivity index (χ4n) is 3.00. The van der Waals surface area contributed by atoms with E-state index in [0.29, 0.717) is 5.95 Å². The Hall–Kier alpha value is -1.22. The van der Waals surface area contributed by atoms with Crippen molar-refractivity contribution in [3.8, 4) is 0 Å². The molecule has 3 rings (SSSR count). The number of halogens is 1. The SMILES string of the molecule is Nc1nc2cccc(Cl)c2n1CCC1CCCC1. The molecule has 1 aliphatic rings. The average molecular weight is 264 g/mol. The molecule has 1 fully saturated rings. The first-order valence-electron chi connectivity index (χ1n) is 6.66. The molecule has 0 spiro atoms. The Morgan fingerprint density at radius 2 is 2.11 bits per heavy atom. The van der Waals surface area contributed by atoms with E-state index < -0.39 is 0 Å². The van der Waals surface area contributed by atoms with Gasteiger partial charge >= 0.3 is 0 Å². The highest BCUT2D eigenvalue weighted by molar-refractivity contribution is 6.35. The van der Waals surface area contributed by atoms with Crippen LogP contribution >= 0.6 is 11.6 Å². The van der Waals surface area contributed by atoms with Crippen LogP contribution in [0.1, 0.15) is 32.1 Å². The summed E-state index contributed by atoms with van der Waals surface area (Å²) in [5, 5.41) is 0.739. The Balaban J connectivity index is 1.88. The second-order valence-electron chi connectivity index (χ2n) is 5.17. The van der Waals surface area contributed by atoms with Crippen molar-refractivity contribution in [3.63, 3.8) is 0 Å². The van der Waals surface area contributed by atoms with Crippen LogP contribution < -0.4 is 5.73 Å². The number of fused-ring (bicyclic) bond motifs is 1. The lowest BCUT2D eigenvalue weighted by Gasteiger charge is -2.11. The number of nitrogens with zero attached hydrogens (tertiary/aromatic N) is 2. The summed E-state index contributed by atoms with van der Waals surface area (Å²) in [7, 11) is 0. The normalized spacial score (nSPS) is 16.7. The molecular weight excluding hydrogens is 246 g/mol. The monoisotopic (exact) mass is 263 g/mol. The smallest absolute Gasteiger partial charge is 0.201 e. The zero-order valence-electron chi connectivity index (χ0n) is 10.4. The lowest BCUT2D eigenvalue weighted by molar-refractivity contribution is 0.464. The molecule has 0 saturated heterocycles. The van der Waals surface area contributed by atoms with Gasteiger partial charge in [0.25, 0.3) is 0 Å². The topological polar surface area (TPSA) is 43.8 Å². The summed E-state index contributed by atoms with van der Waals surface area (Å²) in [4.78, 5) is 4.38. The Kier molecular flexibility index (Phi) is 3.16. The zero-order chi connectivity index (χ0) is 12.5. The molecule has 0 radical (unpaired) electrons. The third-order valence-corrected chi connectivity index (χ3v) is 4.29. The van der Waals surface area contributed by atoms with Gasteiger partial charge in [-0.3, -0.25) is 0 Å². The molecule has 1 aromatic carbocycles. The minimum atomic E-state index is 0.580. The van der Waals surface area contributed by atoms with Crippen LogP contribution in [0, 0.1) is 5.92 Å². The molecule has 1 aromatic heterocycles.